The number of ether oxygens (including phenoxy) is 1. The molecule has 0 spiro atoms. The molecule has 1 atom stereocenters. The summed E-state index contributed by atoms with van der Waals surface area (Å²) in [5.74, 6) is -1.49. The molecule has 0 aromatic heterocycles. The van der Waals surface area contributed by atoms with Crippen LogP contribution in [0.2, 0.25) is 0 Å². The van der Waals surface area contributed by atoms with Crippen LogP contribution in [0.1, 0.15) is 6.92 Å². The van der Waals surface area contributed by atoms with Gasteiger partial charge in [-0.1, -0.05) is 0 Å². The van der Waals surface area contributed by atoms with Crippen LogP contribution in [0.3, 0.4) is 0 Å². The minimum Gasteiger partial charge on any atom is -0.464 e. The van der Waals surface area contributed by atoms with Crippen LogP contribution >= 0.6 is 0 Å². The number of aliphatic hydroxyl groups is 1. The number of sulfone groups is 1. The van der Waals surface area contributed by atoms with E-state index in [9.17, 15) is 13.2 Å². The van der Waals surface area contributed by atoms with Crippen LogP contribution in [0.25, 0.3) is 0 Å². The monoisotopic (exact) mass is 196 g/mol. The summed E-state index contributed by atoms with van der Waals surface area (Å²) < 4.78 is 25.6. The number of esters is 1. The molecule has 0 aromatic rings. The summed E-state index contributed by atoms with van der Waals surface area (Å²) in [6.07, 6.45) is -0.630. The second kappa shape index (κ2) is 4.42. The lowest BCUT2D eigenvalue weighted by atomic mass is 10.4. The van der Waals surface area contributed by atoms with E-state index in [-0.39, 0.29) is 6.61 Å². The molecule has 0 aliphatic heterocycles. The van der Waals surface area contributed by atoms with Crippen molar-refractivity contribution < 1.29 is 23.1 Å². The fraction of sp³-hybridized carbons (Fsp3) is 0.833. The Morgan fingerprint density at radius 1 is 1.58 bits per heavy atom. The maximum atomic E-state index is 10.7. The lowest BCUT2D eigenvalue weighted by Gasteiger charge is -2.07. The van der Waals surface area contributed by atoms with Gasteiger partial charge < -0.3 is 9.84 Å². The van der Waals surface area contributed by atoms with E-state index in [1.54, 1.807) is 6.92 Å². The highest BCUT2D eigenvalue weighted by molar-refractivity contribution is 7.90. The fourth-order valence-electron chi connectivity index (χ4n) is 0.593. The van der Waals surface area contributed by atoms with Crippen molar-refractivity contribution in [2.24, 2.45) is 0 Å². The highest BCUT2D eigenvalue weighted by atomic mass is 32.2. The summed E-state index contributed by atoms with van der Waals surface area (Å²) in [6, 6.07) is 0. The van der Waals surface area contributed by atoms with Crippen LogP contribution in [0.5, 0.6) is 0 Å². The number of hydrogen-bond acceptors (Lipinski definition) is 5. The Hall–Kier alpha value is -0.620. The van der Waals surface area contributed by atoms with E-state index in [2.05, 4.69) is 4.74 Å². The van der Waals surface area contributed by atoms with Crippen LogP contribution in [-0.4, -0.2) is 44.2 Å². The highest BCUT2D eigenvalue weighted by Gasteiger charge is 2.20. The Morgan fingerprint density at radius 2 is 2.08 bits per heavy atom. The first-order chi connectivity index (χ1) is 5.37. The third-order valence-corrected chi connectivity index (χ3v) is 1.94. The van der Waals surface area contributed by atoms with Crippen molar-refractivity contribution >= 4 is 15.8 Å². The molecule has 0 aliphatic carbocycles. The molecule has 0 bridgehead atoms. The first kappa shape index (κ1) is 11.4. The van der Waals surface area contributed by atoms with Gasteiger partial charge in [0.25, 0.3) is 0 Å². The van der Waals surface area contributed by atoms with Gasteiger partial charge in [0.1, 0.15) is 0 Å². The Bertz CT molecular complexity index is 243. The van der Waals surface area contributed by atoms with Gasteiger partial charge in [-0.15, -0.1) is 0 Å². The maximum absolute atomic E-state index is 10.7. The Kier molecular flexibility index (Phi) is 4.19. The Labute approximate surface area is 71.3 Å². The SMILES string of the molecule is CCOC(=O)C(O)CS(C)(=O)=O. The highest BCUT2D eigenvalue weighted by Crippen LogP contribution is 1.93. The lowest BCUT2D eigenvalue weighted by molar-refractivity contribution is -0.151. The van der Waals surface area contributed by atoms with Crippen molar-refractivity contribution in [3.8, 4) is 0 Å². The third kappa shape index (κ3) is 5.09. The third-order valence-electron chi connectivity index (χ3n) is 1.02. The van der Waals surface area contributed by atoms with Gasteiger partial charge in [-0.3, -0.25) is 0 Å². The summed E-state index contributed by atoms with van der Waals surface area (Å²) in [5, 5.41) is 8.93. The molecule has 12 heavy (non-hydrogen) atoms. The van der Waals surface area contributed by atoms with E-state index in [4.69, 9.17) is 5.11 Å². The van der Waals surface area contributed by atoms with Gasteiger partial charge in [-0.25, -0.2) is 13.2 Å². The van der Waals surface area contributed by atoms with Crippen LogP contribution in [-0.2, 0) is 19.4 Å². The van der Waals surface area contributed by atoms with Crippen LogP contribution in [0.15, 0.2) is 0 Å². The summed E-state index contributed by atoms with van der Waals surface area (Å²) in [6.45, 7) is 1.70. The second-order valence-electron chi connectivity index (χ2n) is 2.36. The van der Waals surface area contributed by atoms with Crippen molar-refractivity contribution in [1.82, 2.24) is 0 Å². The van der Waals surface area contributed by atoms with Crippen LogP contribution in [0, 0.1) is 0 Å². The van der Waals surface area contributed by atoms with E-state index in [1.807, 2.05) is 0 Å². The molecule has 72 valence electrons. The maximum Gasteiger partial charge on any atom is 0.336 e. The first-order valence-corrected chi connectivity index (χ1v) is 5.45. The lowest BCUT2D eigenvalue weighted by Crippen LogP contribution is -2.30. The quantitative estimate of drug-likeness (QED) is 0.580. The minimum atomic E-state index is -3.34. The average molecular weight is 196 g/mol. The van der Waals surface area contributed by atoms with Crippen molar-refractivity contribution in [3.63, 3.8) is 0 Å². The molecule has 0 aliphatic rings. The Balaban J connectivity index is 4.05. The zero-order valence-electron chi connectivity index (χ0n) is 6.98. The molecule has 0 heterocycles. The number of rotatable bonds is 4. The van der Waals surface area contributed by atoms with Crippen molar-refractivity contribution in [3.05, 3.63) is 0 Å². The summed E-state index contributed by atoms with van der Waals surface area (Å²) in [4.78, 5) is 10.7. The number of carbonyl (C=O) groups is 1. The van der Waals surface area contributed by atoms with E-state index >= 15 is 0 Å². The molecule has 0 amide bonds. The van der Waals surface area contributed by atoms with Gasteiger partial charge in [0.2, 0.25) is 0 Å². The van der Waals surface area contributed by atoms with Gasteiger partial charge in [-0.2, -0.15) is 0 Å². The number of hydrogen-bond donors (Lipinski definition) is 1. The fourth-order valence-corrected chi connectivity index (χ4v) is 1.30. The van der Waals surface area contributed by atoms with E-state index in [0.29, 0.717) is 0 Å². The van der Waals surface area contributed by atoms with E-state index in [1.165, 1.54) is 0 Å². The van der Waals surface area contributed by atoms with Crippen LogP contribution in [0.4, 0.5) is 0 Å². The topological polar surface area (TPSA) is 80.7 Å². The standard InChI is InChI=1S/C6H12O5S/c1-3-11-6(8)5(7)4-12(2,9)10/h5,7H,3-4H2,1-2H3. The molecule has 1 N–H and O–H groups in total. The van der Waals surface area contributed by atoms with Gasteiger partial charge in [0.15, 0.2) is 15.9 Å². The van der Waals surface area contributed by atoms with E-state index < -0.39 is 27.7 Å². The van der Waals surface area contributed by atoms with Crippen molar-refractivity contribution in [2.75, 3.05) is 18.6 Å². The number of carbonyl (C=O) groups excluding carboxylic acids is 1. The zero-order valence-corrected chi connectivity index (χ0v) is 7.80. The largest absolute Gasteiger partial charge is 0.464 e. The molecule has 5 nitrogen and oxygen atoms in total. The molecular formula is C6H12O5S. The summed E-state index contributed by atoms with van der Waals surface area (Å²) >= 11 is 0. The predicted octanol–water partition coefficient (Wildman–Crippen LogP) is -1.04. The summed E-state index contributed by atoms with van der Waals surface area (Å²) in [5.41, 5.74) is 0. The Morgan fingerprint density at radius 3 is 2.42 bits per heavy atom. The first-order valence-electron chi connectivity index (χ1n) is 3.39. The second-order valence-corrected chi connectivity index (χ2v) is 4.55. The molecule has 6 heteroatoms. The van der Waals surface area contributed by atoms with Gasteiger partial charge in [0.05, 0.1) is 12.4 Å². The van der Waals surface area contributed by atoms with Crippen molar-refractivity contribution in [1.29, 1.82) is 0 Å². The minimum absolute atomic E-state index is 0.125. The molecule has 0 saturated carbocycles. The van der Waals surface area contributed by atoms with Crippen LogP contribution < -0.4 is 0 Å². The van der Waals surface area contributed by atoms with Crippen molar-refractivity contribution in [2.45, 2.75) is 13.0 Å². The molecule has 0 rings (SSSR count). The average Bonchev–Trinajstić information content (AvgIpc) is 1.84. The predicted molar refractivity (Wildman–Crippen MR) is 42.4 cm³/mol. The zero-order chi connectivity index (χ0) is 9.78. The molecular weight excluding hydrogens is 184 g/mol. The molecule has 0 fully saturated rings. The van der Waals surface area contributed by atoms with Gasteiger partial charge >= 0.3 is 5.97 Å². The molecule has 0 radical (unpaired) electrons. The van der Waals surface area contributed by atoms with Gasteiger partial charge in [0, 0.05) is 6.26 Å². The molecule has 0 saturated heterocycles. The molecule has 0 aromatic carbocycles. The summed E-state index contributed by atoms with van der Waals surface area (Å²) in [7, 11) is -3.34. The normalized spacial score (nSPS) is 13.9. The smallest absolute Gasteiger partial charge is 0.336 e. The van der Waals surface area contributed by atoms with E-state index in [0.717, 1.165) is 6.26 Å². The number of aliphatic hydroxyl groups excluding tert-OH is 1. The molecule has 1 unspecified atom stereocenters. The van der Waals surface area contributed by atoms with Gasteiger partial charge in [-0.05, 0) is 6.92 Å².